The Balaban J connectivity index is 2.94. The van der Waals surface area contributed by atoms with Crippen molar-refractivity contribution in [3.63, 3.8) is 0 Å². The number of halogens is 1. The summed E-state index contributed by atoms with van der Waals surface area (Å²) < 4.78 is 0.457. The Hall–Kier alpha value is -1.36. The van der Waals surface area contributed by atoms with Crippen LogP contribution >= 0.6 is 15.9 Å². The average Bonchev–Trinajstić information content (AvgIpc) is 2.15. The van der Waals surface area contributed by atoms with Gasteiger partial charge in [0, 0.05) is 10.9 Å². The molecule has 1 aromatic rings. The maximum Gasteiger partial charge on any atom is 0.336 e. The summed E-state index contributed by atoms with van der Waals surface area (Å²) in [6.45, 7) is 0. The van der Waals surface area contributed by atoms with Crippen LogP contribution in [0.4, 0.5) is 0 Å². The highest BCUT2D eigenvalue weighted by Crippen LogP contribution is 2.23. The summed E-state index contributed by atoms with van der Waals surface area (Å²) in [7, 11) is 0. The van der Waals surface area contributed by atoms with Crippen LogP contribution in [0.25, 0.3) is 0 Å². The lowest BCUT2D eigenvalue weighted by molar-refractivity contribution is -0.136. The number of carbonyl (C=O) groups is 2. The predicted molar refractivity (Wildman–Crippen MR) is 57.1 cm³/mol. The minimum atomic E-state index is -1.03. The minimum Gasteiger partial charge on any atom is -0.481 e. The summed E-state index contributed by atoms with van der Waals surface area (Å²) in [5, 5.41) is 17.3. The van der Waals surface area contributed by atoms with Crippen LogP contribution < -0.4 is 0 Å². The van der Waals surface area contributed by atoms with Crippen molar-refractivity contribution in [2.45, 2.75) is 12.8 Å². The summed E-state index contributed by atoms with van der Waals surface area (Å²) in [4.78, 5) is 21.1. The Labute approximate surface area is 94.7 Å². The van der Waals surface area contributed by atoms with Crippen molar-refractivity contribution >= 4 is 27.9 Å². The topological polar surface area (TPSA) is 74.6 Å². The van der Waals surface area contributed by atoms with Crippen molar-refractivity contribution < 1.29 is 19.8 Å². The molecule has 0 saturated carbocycles. The number of hydrogen-bond acceptors (Lipinski definition) is 2. The van der Waals surface area contributed by atoms with Gasteiger partial charge in [0.1, 0.15) is 0 Å². The molecule has 0 unspecified atom stereocenters. The second kappa shape index (κ2) is 4.93. The lowest BCUT2D eigenvalue weighted by Gasteiger charge is -2.05. The number of aliphatic carboxylic acids is 1. The first-order chi connectivity index (χ1) is 7.02. The molecule has 5 heteroatoms. The molecule has 0 saturated heterocycles. The third-order valence-electron chi connectivity index (χ3n) is 1.92. The Morgan fingerprint density at radius 3 is 2.47 bits per heavy atom. The van der Waals surface area contributed by atoms with Gasteiger partial charge in [-0.2, -0.15) is 0 Å². The van der Waals surface area contributed by atoms with E-state index in [1.807, 2.05) is 0 Å². The molecule has 0 heterocycles. The fourth-order valence-electron chi connectivity index (χ4n) is 1.18. The van der Waals surface area contributed by atoms with E-state index in [2.05, 4.69) is 15.9 Å². The van der Waals surface area contributed by atoms with Crippen molar-refractivity contribution in [3.05, 3.63) is 33.8 Å². The van der Waals surface area contributed by atoms with Gasteiger partial charge in [0.2, 0.25) is 0 Å². The van der Waals surface area contributed by atoms with Gasteiger partial charge in [-0.3, -0.25) is 4.79 Å². The lowest BCUT2D eigenvalue weighted by Crippen LogP contribution is -2.02. The number of carboxylic acids is 2. The van der Waals surface area contributed by atoms with Crippen LogP contribution in [0.2, 0.25) is 0 Å². The van der Waals surface area contributed by atoms with Crippen molar-refractivity contribution in [2.24, 2.45) is 0 Å². The van der Waals surface area contributed by atoms with E-state index in [0.29, 0.717) is 16.5 Å². The number of benzene rings is 1. The van der Waals surface area contributed by atoms with Gasteiger partial charge in [-0.15, -0.1) is 0 Å². The normalized spacial score (nSPS) is 9.93. The molecule has 2 N–H and O–H groups in total. The maximum atomic E-state index is 10.8. The first-order valence-corrected chi connectivity index (χ1v) is 5.04. The number of aryl methyl sites for hydroxylation is 1. The fourth-order valence-corrected chi connectivity index (χ4v) is 1.81. The average molecular weight is 273 g/mol. The van der Waals surface area contributed by atoms with Crippen LogP contribution in [0.3, 0.4) is 0 Å². The van der Waals surface area contributed by atoms with E-state index in [1.165, 1.54) is 6.07 Å². The summed E-state index contributed by atoms with van der Waals surface area (Å²) in [6, 6.07) is 4.78. The lowest BCUT2D eigenvalue weighted by atomic mass is 10.1. The molecule has 0 aliphatic carbocycles. The van der Waals surface area contributed by atoms with Crippen LogP contribution in [0.15, 0.2) is 22.7 Å². The second-order valence-electron chi connectivity index (χ2n) is 2.98. The fraction of sp³-hybridized carbons (Fsp3) is 0.200. The molecule has 80 valence electrons. The smallest absolute Gasteiger partial charge is 0.336 e. The molecule has 0 spiro atoms. The van der Waals surface area contributed by atoms with Crippen molar-refractivity contribution in [1.82, 2.24) is 0 Å². The molecular weight excluding hydrogens is 264 g/mol. The molecule has 15 heavy (non-hydrogen) atoms. The Bertz CT molecular complexity index is 400. The second-order valence-corrected chi connectivity index (χ2v) is 3.77. The van der Waals surface area contributed by atoms with Crippen LogP contribution in [0, 0.1) is 0 Å². The van der Waals surface area contributed by atoms with Gasteiger partial charge in [0.15, 0.2) is 0 Å². The highest BCUT2D eigenvalue weighted by molar-refractivity contribution is 9.10. The summed E-state index contributed by atoms with van der Waals surface area (Å²) in [6.07, 6.45) is 0.304. The molecule has 0 amide bonds. The third-order valence-corrected chi connectivity index (χ3v) is 2.85. The zero-order valence-electron chi connectivity index (χ0n) is 7.74. The van der Waals surface area contributed by atoms with Crippen LogP contribution in [-0.4, -0.2) is 22.2 Å². The van der Waals surface area contributed by atoms with Gasteiger partial charge < -0.3 is 10.2 Å². The molecule has 0 fully saturated rings. The van der Waals surface area contributed by atoms with Crippen molar-refractivity contribution in [1.29, 1.82) is 0 Å². The Kier molecular flexibility index (Phi) is 3.85. The first kappa shape index (κ1) is 11.7. The van der Waals surface area contributed by atoms with Gasteiger partial charge >= 0.3 is 11.9 Å². The Morgan fingerprint density at radius 1 is 1.27 bits per heavy atom. The zero-order chi connectivity index (χ0) is 11.4. The van der Waals surface area contributed by atoms with Crippen molar-refractivity contribution in [3.8, 4) is 0 Å². The molecular formula is C10H9BrO4. The Morgan fingerprint density at radius 2 is 1.93 bits per heavy atom. The molecule has 1 aromatic carbocycles. The highest BCUT2D eigenvalue weighted by Gasteiger charge is 2.11. The van der Waals surface area contributed by atoms with Gasteiger partial charge in [-0.05, 0) is 34.0 Å². The van der Waals surface area contributed by atoms with Crippen LogP contribution in [-0.2, 0) is 11.2 Å². The third kappa shape index (κ3) is 3.06. The first-order valence-electron chi connectivity index (χ1n) is 4.25. The van der Waals surface area contributed by atoms with E-state index in [1.54, 1.807) is 12.1 Å². The van der Waals surface area contributed by atoms with Crippen LogP contribution in [0.1, 0.15) is 22.3 Å². The van der Waals surface area contributed by atoms with E-state index in [-0.39, 0.29) is 12.0 Å². The van der Waals surface area contributed by atoms with Gasteiger partial charge in [0.05, 0.1) is 5.56 Å². The number of carboxylic acid groups (broad SMARTS) is 2. The van der Waals surface area contributed by atoms with E-state index in [0.717, 1.165) is 0 Å². The van der Waals surface area contributed by atoms with Crippen LogP contribution in [0.5, 0.6) is 0 Å². The molecule has 0 atom stereocenters. The van der Waals surface area contributed by atoms with E-state index in [4.69, 9.17) is 10.2 Å². The van der Waals surface area contributed by atoms with E-state index in [9.17, 15) is 9.59 Å². The summed E-state index contributed by atoms with van der Waals surface area (Å²) >= 11 is 3.16. The molecule has 1 rings (SSSR count). The van der Waals surface area contributed by atoms with Crippen molar-refractivity contribution in [2.75, 3.05) is 0 Å². The largest absolute Gasteiger partial charge is 0.481 e. The predicted octanol–water partition coefficient (Wildman–Crippen LogP) is 2.16. The molecule has 0 bridgehead atoms. The zero-order valence-corrected chi connectivity index (χ0v) is 9.32. The molecule has 0 aromatic heterocycles. The van der Waals surface area contributed by atoms with E-state index < -0.39 is 11.9 Å². The molecule has 0 radical (unpaired) electrons. The summed E-state index contributed by atoms with van der Waals surface area (Å²) in [5.41, 5.74) is 0.843. The quantitative estimate of drug-likeness (QED) is 0.881. The number of rotatable bonds is 4. The highest BCUT2D eigenvalue weighted by atomic mass is 79.9. The van der Waals surface area contributed by atoms with E-state index >= 15 is 0 Å². The molecule has 0 aliphatic rings. The monoisotopic (exact) mass is 272 g/mol. The molecule has 0 aliphatic heterocycles. The maximum absolute atomic E-state index is 10.8. The molecule has 4 nitrogen and oxygen atoms in total. The SMILES string of the molecule is O=C(O)CCc1cccc(C(=O)O)c1Br. The number of aromatic carboxylic acids is 1. The minimum absolute atomic E-state index is 0.0122. The summed E-state index contributed by atoms with van der Waals surface area (Å²) in [5.74, 6) is -1.93. The number of hydrogen-bond donors (Lipinski definition) is 2. The van der Waals surface area contributed by atoms with Gasteiger partial charge in [-0.25, -0.2) is 4.79 Å². The van der Waals surface area contributed by atoms with Gasteiger partial charge in [-0.1, -0.05) is 12.1 Å². The standard InChI is InChI=1S/C10H9BrO4/c11-9-6(4-5-8(12)13)2-1-3-7(9)10(14)15/h1-3H,4-5H2,(H,12,13)(H,14,15). The van der Waals surface area contributed by atoms with Gasteiger partial charge in [0.25, 0.3) is 0 Å².